The van der Waals surface area contributed by atoms with Gasteiger partial charge in [0.05, 0.1) is 33.9 Å². The first-order valence-electron chi connectivity index (χ1n) is 7.44. The summed E-state index contributed by atoms with van der Waals surface area (Å²) >= 11 is 12.0. The third-order valence-electron chi connectivity index (χ3n) is 3.72. The number of carbonyl (C=O) groups is 1. The first-order valence-corrected chi connectivity index (χ1v) is 8.20. The number of amides is 1. The van der Waals surface area contributed by atoms with E-state index in [-0.39, 0.29) is 12.5 Å². The van der Waals surface area contributed by atoms with Crippen molar-refractivity contribution in [2.75, 3.05) is 0 Å². The predicted molar refractivity (Wildman–Crippen MR) is 95.8 cm³/mol. The summed E-state index contributed by atoms with van der Waals surface area (Å²) in [4.78, 5) is 22.7. The zero-order valence-corrected chi connectivity index (χ0v) is 14.3. The number of hydrogen-bond donors (Lipinski definition) is 3. The monoisotopic (exact) mass is 374 g/mol. The lowest BCUT2D eigenvalue weighted by Gasteiger charge is -2.00. The van der Waals surface area contributed by atoms with E-state index in [0.29, 0.717) is 32.8 Å². The van der Waals surface area contributed by atoms with Gasteiger partial charge in [-0.05, 0) is 30.3 Å². The molecular weight excluding hydrogens is 363 g/mol. The molecule has 0 saturated carbocycles. The summed E-state index contributed by atoms with van der Waals surface area (Å²) in [6.07, 6.45) is 3.31. The SMILES string of the molecule is O=C(NCc1nc2cc(Cl)c(Cl)cc2[nH]1)c1cc(-c2ccco2)c[nH]1. The van der Waals surface area contributed by atoms with Crippen molar-refractivity contribution >= 4 is 40.1 Å². The van der Waals surface area contributed by atoms with Gasteiger partial charge in [-0.1, -0.05) is 23.2 Å². The normalized spacial score (nSPS) is 11.1. The van der Waals surface area contributed by atoms with Gasteiger partial charge in [0.25, 0.3) is 5.91 Å². The molecule has 3 N–H and O–H groups in total. The van der Waals surface area contributed by atoms with Gasteiger partial charge < -0.3 is 19.7 Å². The zero-order valence-electron chi connectivity index (χ0n) is 12.8. The average Bonchev–Trinajstić information content (AvgIpc) is 3.32. The lowest BCUT2D eigenvalue weighted by atomic mass is 10.2. The molecule has 0 fully saturated rings. The highest BCUT2D eigenvalue weighted by atomic mass is 35.5. The van der Waals surface area contributed by atoms with Crippen LogP contribution < -0.4 is 5.32 Å². The molecule has 0 saturated heterocycles. The summed E-state index contributed by atoms with van der Waals surface area (Å²) in [5.41, 5.74) is 2.70. The van der Waals surface area contributed by atoms with Crippen LogP contribution in [0, 0.1) is 0 Å². The third kappa shape index (κ3) is 3.14. The number of furan rings is 1. The highest BCUT2D eigenvalue weighted by Crippen LogP contribution is 2.26. The molecule has 3 heterocycles. The van der Waals surface area contributed by atoms with Crippen LogP contribution in [0.15, 0.2) is 47.2 Å². The van der Waals surface area contributed by atoms with Crippen molar-refractivity contribution in [1.29, 1.82) is 0 Å². The molecule has 0 aliphatic carbocycles. The van der Waals surface area contributed by atoms with Crippen molar-refractivity contribution in [1.82, 2.24) is 20.3 Å². The third-order valence-corrected chi connectivity index (χ3v) is 4.44. The number of imidazole rings is 1. The quantitative estimate of drug-likeness (QED) is 0.495. The number of hydrogen-bond acceptors (Lipinski definition) is 3. The van der Waals surface area contributed by atoms with Crippen LogP contribution in [0.1, 0.15) is 16.3 Å². The Morgan fingerprint density at radius 1 is 1.24 bits per heavy atom. The average molecular weight is 375 g/mol. The van der Waals surface area contributed by atoms with E-state index in [0.717, 1.165) is 11.1 Å². The Kier molecular flexibility index (Phi) is 3.99. The molecular formula is C17H12Cl2N4O2. The summed E-state index contributed by atoms with van der Waals surface area (Å²) in [7, 11) is 0. The van der Waals surface area contributed by atoms with Gasteiger partial charge >= 0.3 is 0 Å². The van der Waals surface area contributed by atoms with Crippen LogP contribution in [0.4, 0.5) is 0 Å². The summed E-state index contributed by atoms with van der Waals surface area (Å²) in [6.45, 7) is 0.248. The minimum Gasteiger partial charge on any atom is -0.464 e. The molecule has 25 heavy (non-hydrogen) atoms. The van der Waals surface area contributed by atoms with Crippen molar-refractivity contribution in [2.45, 2.75) is 6.54 Å². The molecule has 0 unspecified atom stereocenters. The van der Waals surface area contributed by atoms with Crippen molar-refractivity contribution in [3.05, 3.63) is 64.4 Å². The Balaban J connectivity index is 1.47. The largest absolute Gasteiger partial charge is 0.464 e. The van der Waals surface area contributed by atoms with E-state index < -0.39 is 0 Å². The second-order valence-electron chi connectivity index (χ2n) is 5.43. The number of aromatic amines is 2. The van der Waals surface area contributed by atoms with Crippen LogP contribution in [0.5, 0.6) is 0 Å². The Morgan fingerprint density at radius 2 is 2.08 bits per heavy atom. The number of aromatic nitrogens is 3. The molecule has 0 radical (unpaired) electrons. The van der Waals surface area contributed by atoms with Gasteiger partial charge in [-0.2, -0.15) is 0 Å². The number of carbonyl (C=O) groups excluding carboxylic acids is 1. The van der Waals surface area contributed by atoms with Crippen molar-refractivity contribution < 1.29 is 9.21 Å². The summed E-state index contributed by atoms with van der Waals surface area (Å²) in [5, 5.41) is 3.69. The molecule has 0 spiro atoms. The lowest BCUT2D eigenvalue weighted by molar-refractivity contribution is 0.0945. The fourth-order valence-electron chi connectivity index (χ4n) is 2.51. The van der Waals surface area contributed by atoms with Crippen LogP contribution in [-0.2, 0) is 6.54 Å². The molecule has 6 nitrogen and oxygen atoms in total. The van der Waals surface area contributed by atoms with Gasteiger partial charge in [0.2, 0.25) is 0 Å². The molecule has 0 aliphatic heterocycles. The lowest BCUT2D eigenvalue weighted by Crippen LogP contribution is -2.23. The first-order chi connectivity index (χ1) is 12.1. The van der Waals surface area contributed by atoms with Gasteiger partial charge in [-0.25, -0.2) is 4.98 Å². The highest BCUT2D eigenvalue weighted by molar-refractivity contribution is 6.42. The number of nitrogens with one attached hydrogen (secondary N) is 3. The maximum absolute atomic E-state index is 12.3. The maximum Gasteiger partial charge on any atom is 0.268 e. The minimum atomic E-state index is -0.241. The van der Waals surface area contributed by atoms with Crippen LogP contribution >= 0.6 is 23.2 Å². The van der Waals surface area contributed by atoms with Crippen LogP contribution in [-0.4, -0.2) is 20.9 Å². The molecule has 4 rings (SSSR count). The Morgan fingerprint density at radius 3 is 2.88 bits per heavy atom. The fourth-order valence-corrected chi connectivity index (χ4v) is 2.83. The number of rotatable bonds is 4. The van der Waals surface area contributed by atoms with Gasteiger partial charge in [0.15, 0.2) is 0 Å². The topological polar surface area (TPSA) is 86.7 Å². The van der Waals surface area contributed by atoms with Crippen LogP contribution in [0.3, 0.4) is 0 Å². The minimum absolute atomic E-state index is 0.241. The number of halogens is 2. The van der Waals surface area contributed by atoms with Crippen LogP contribution in [0.2, 0.25) is 10.0 Å². The Hall–Kier alpha value is -2.70. The number of benzene rings is 1. The van der Waals surface area contributed by atoms with Crippen molar-refractivity contribution in [3.63, 3.8) is 0 Å². The van der Waals surface area contributed by atoms with Gasteiger partial charge in [-0.15, -0.1) is 0 Å². The fraction of sp³-hybridized carbons (Fsp3) is 0.0588. The molecule has 126 valence electrons. The molecule has 0 bridgehead atoms. The van der Waals surface area contributed by atoms with E-state index in [9.17, 15) is 4.79 Å². The number of H-pyrrole nitrogens is 2. The van der Waals surface area contributed by atoms with Gasteiger partial charge in [0, 0.05) is 11.8 Å². The van der Waals surface area contributed by atoms with E-state index in [4.69, 9.17) is 27.6 Å². The van der Waals surface area contributed by atoms with Gasteiger partial charge in [-0.3, -0.25) is 4.79 Å². The van der Waals surface area contributed by atoms with E-state index in [1.54, 1.807) is 36.7 Å². The maximum atomic E-state index is 12.3. The summed E-state index contributed by atoms with van der Waals surface area (Å²) in [5.74, 6) is 1.06. The van der Waals surface area contributed by atoms with E-state index in [1.165, 1.54) is 0 Å². The van der Waals surface area contributed by atoms with Crippen LogP contribution in [0.25, 0.3) is 22.4 Å². The number of fused-ring (bicyclic) bond motifs is 1. The molecule has 3 aromatic heterocycles. The van der Waals surface area contributed by atoms with E-state index >= 15 is 0 Å². The second-order valence-corrected chi connectivity index (χ2v) is 6.24. The zero-order chi connectivity index (χ0) is 17.4. The molecule has 0 atom stereocenters. The molecule has 1 amide bonds. The Bertz CT molecular complexity index is 1010. The predicted octanol–water partition coefficient (Wildman–Crippen LogP) is 4.39. The summed E-state index contributed by atoms with van der Waals surface area (Å²) in [6, 6.07) is 8.74. The Labute approximate surface area is 152 Å². The van der Waals surface area contributed by atoms with Gasteiger partial charge in [0.1, 0.15) is 17.3 Å². The molecule has 1 aromatic carbocycles. The van der Waals surface area contributed by atoms with Crippen molar-refractivity contribution in [2.24, 2.45) is 0 Å². The standard InChI is InChI=1S/C17H12Cl2N4O2/c18-10-5-12-13(6-11(10)19)23-16(22-12)8-21-17(24)14-4-9(7-20-14)15-2-1-3-25-15/h1-7,20H,8H2,(H,21,24)(H,22,23). The van der Waals surface area contributed by atoms with E-state index in [2.05, 4.69) is 20.3 Å². The summed E-state index contributed by atoms with van der Waals surface area (Å²) < 4.78 is 5.31. The number of nitrogens with zero attached hydrogens (tertiary/aromatic N) is 1. The smallest absolute Gasteiger partial charge is 0.268 e. The first kappa shape index (κ1) is 15.8. The highest BCUT2D eigenvalue weighted by Gasteiger charge is 2.12. The molecule has 4 aromatic rings. The molecule has 8 heteroatoms. The van der Waals surface area contributed by atoms with E-state index in [1.807, 2.05) is 6.07 Å². The second kappa shape index (κ2) is 6.31. The van der Waals surface area contributed by atoms with Crippen molar-refractivity contribution in [3.8, 4) is 11.3 Å². The molecule has 0 aliphatic rings.